The van der Waals surface area contributed by atoms with Gasteiger partial charge in [0.2, 0.25) is 11.5 Å². The van der Waals surface area contributed by atoms with Gasteiger partial charge in [-0.2, -0.15) is 0 Å². The summed E-state index contributed by atoms with van der Waals surface area (Å²) in [6.07, 6.45) is 5.00. The molecule has 1 amide bonds. The Kier molecular flexibility index (Phi) is 5.49. The molecule has 0 aliphatic carbocycles. The molecule has 174 valence electrons. The maximum atomic E-state index is 12.5. The number of aryl methyl sites for hydroxylation is 1. The summed E-state index contributed by atoms with van der Waals surface area (Å²) in [4.78, 5) is 31.2. The molecule has 5 heterocycles. The van der Waals surface area contributed by atoms with E-state index in [4.69, 9.17) is 4.52 Å². The van der Waals surface area contributed by atoms with Crippen LogP contribution in [0.4, 0.5) is 16.2 Å². The maximum absolute atomic E-state index is 12.5. The van der Waals surface area contributed by atoms with E-state index in [1.807, 2.05) is 0 Å². The Morgan fingerprint density at radius 3 is 2.74 bits per heavy atom. The molecule has 1 aliphatic rings. The molecule has 0 saturated carbocycles. The highest BCUT2D eigenvalue weighted by Crippen LogP contribution is 2.34. The second kappa shape index (κ2) is 8.63. The van der Waals surface area contributed by atoms with E-state index in [0.717, 1.165) is 0 Å². The molecule has 4 aromatic heterocycles. The number of likely N-dealkylation sites (tertiary alicyclic amines) is 1. The molecule has 5 rings (SSSR count). The molecular weight excluding hydrogens is 443 g/mol. The van der Waals surface area contributed by atoms with Gasteiger partial charge >= 0.3 is 0 Å². The number of nitrogens with one attached hydrogen (secondary N) is 1. The number of imidazole rings is 1. The Morgan fingerprint density at radius 1 is 1.18 bits per heavy atom. The second-order valence-electron chi connectivity index (χ2n) is 7.90. The van der Waals surface area contributed by atoms with Crippen LogP contribution in [0.5, 0.6) is 0 Å². The molecule has 0 spiro atoms. The lowest BCUT2D eigenvalue weighted by Crippen LogP contribution is -2.35. The topological polar surface area (TPSA) is 135 Å². The normalized spacial score (nSPS) is 18.0. The summed E-state index contributed by atoms with van der Waals surface area (Å²) in [6, 6.07) is 8.57. The van der Waals surface area contributed by atoms with Crippen LogP contribution in [0.15, 0.2) is 53.6 Å². The van der Waals surface area contributed by atoms with Crippen molar-refractivity contribution in [3.8, 4) is 22.8 Å². The number of amides is 1. The molecule has 2 N–H and O–H groups in total. The molecule has 1 fully saturated rings. The minimum absolute atomic E-state index is 0.0878. The number of pyridine rings is 1. The lowest BCUT2D eigenvalue weighted by molar-refractivity contribution is -0.144. The summed E-state index contributed by atoms with van der Waals surface area (Å²) in [7, 11) is 1.63. The zero-order valence-corrected chi connectivity index (χ0v) is 18.2. The van der Waals surface area contributed by atoms with Crippen LogP contribution in [0.1, 0.15) is 12.2 Å². The summed E-state index contributed by atoms with van der Waals surface area (Å²) in [5.41, 5.74) is 0.275. The fourth-order valence-corrected chi connectivity index (χ4v) is 3.71. The van der Waals surface area contributed by atoms with Crippen LogP contribution in [0.3, 0.4) is 0 Å². The van der Waals surface area contributed by atoms with Crippen LogP contribution in [0.2, 0.25) is 0 Å². The van der Waals surface area contributed by atoms with Crippen molar-refractivity contribution in [2.24, 2.45) is 0 Å². The quantitative estimate of drug-likeness (QED) is 0.422. The minimum Gasteiger partial charge on any atom is -0.373 e. The average molecular weight is 464 g/mol. The predicted octanol–water partition coefficient (Wildman–Crippen LogP) is 2.15. The van der Waals surface area contributed by atoms with Gasteiger partial charge in [0.15, 0.2) is 11.6 Å². The van der Waals surface area contributed by atoms with Crippen molar-refractivity contribution < 1.29 is 18.8 Å². The van der Waals surface area contributed by atoms with Crippen LogP contribution in [0, 0.1) is 0 Å². The number of likely N-dealkylation sites (N-methyl/N-ethyl adjacent to an activating group) is 1. The van der Waals surface area contributed by atoms with Crippen molar-refractivity contribution in [3.63, 3.8) is 0 Å². The van der Waals surface area contributed by atoms with Crippen LogP contribution in [0.25, 0.3) is 22.8 Å². The standard InChI is InChI=1S/C22H21FN8O3/c1-30-9-6-22(33,20(30)32)18-11-17(29-34-18)15-4-2-3-14(26-15)16-5-8-24-21(27-16)28-19-12-31(10-7-23)13-25-19/h2-5,8,11-13,33H,6-7,9-10H2,1H3,(H,24,27,28). The number of aromatic nitrogens is 6. The Balaban J connectivity index is 1.38. The molecule has 1 unspecified atom stereocenters. The third-order valence-corrected chi connectivity index (χ3v) is 5.57. The van der Waals surface area contributed by atoms with Crippen molar-refractivity contribution in [2.75, 3.05) is 25.6 Å². The Bertz CT molecular complexity index is 1340. The number of anilines is 2. The van der Waals surface area contributed by atoms with E-state index in [-0.39, 0.29) is 18.7 Å². The molecule has 11 nitrogen and oxygen atoms in total. The number of alkyl halides is 1. The van der Waals surface area contributed by atoms with E-state index in [2.05, 4.69) is 30.4 Å². The van der Waals surface area contributed by atoms with Crippen LogP contribution in [-0.2, 0) is 16.9 Å². The van der Waals surface area contributed by atoms with Crippen LogP contribution in [-0.4, -0.2) is 65.8 Å². The average Bonchev–Trinajstić information content (AvgIpc) is 3.58. The highest BCUT2D eigenvalue weighted by Gasteiger charge is 2.48. The first-order valence-electron chi connectivity index (χ1n) is 10.6. The summed E-state index contributed by atoms with van der Waals surface area (Å²) in [6.45, 7) is 0.168. The molecule has 4 aromatic rings. The number of carbonyl (C=O) groups is 1. The fraction of sp³-hybridized carbons (Fsp3) is 0.273. The zero-order chi connectivity index (χ0) is 23.7. The Morgan fingerprint density at radius 2 is 1.97 bits per heavy atom. The van der Waals surface area contributed by atoms with Gasteiger partial charge in [0, 0.05) is 38.5 Å². The zero-order valence-electron chi connectivity index (χ0n) is 18.2. The molecule has 12 heteroatoms. The highest BCUT2D eigenvalue weighted by atomic mass is 19.1. The lowest BCUT2D eigenvalue weighted by atomic mass is 9.98. The molecule has 0 radical (unpaired) electrons. The first-order valence-corrected chi connectivity index (χ1v) is 10.6. The number of nitrogens with zero attached hydrogens (tertiary/aromatic N) is 7. The fourth-order valence-electron chi connectivity index (χ4n) is 3.71. The summed E-state index contributed by atoms with van der Waals surface area (Å²) in [5, 5.41) is 17.8. The number of hydrogen-bond acceptors (Lipinski definition) is 9. The SMILES string of the molecule is CN1CCC(O)(c2cc(-c3cccc(-c4ccnc(Nc5cn(CCF)cn5)n4)n3)no2)C1=O. The summed E-state index contributed by atoms with van der Waals surface area (Å²) >= 11 is 0. The van der Waals surface area contributed by atoms with Gasteiger partial charge in [0.1, 0.15) is 12.4 Å². The molecule has 1 atom stereocenters. The van der Waals surface area contributed by atoms with Gasteiger partial charge in [-0.3, -0.25) is 4.79 Å². The van der Waals surface area contributed by atoms with Gasteiger partial charge in [-0.15, -0.1) is 0 Å². The number of carbonyl (C=O) groups excluding carboxylic acids is 1. The number of rotatable bonds is 7. The van der Waals surface area contributed by atoms with E-state index in [1.54, 1.807) is 48.3 Å². The van der Waals surface area contributed by atoms with Gasteiger partial charge in [0.05, 0.1) is 30.0 Å². The van der Waals surface area contributed by atoms with Crippen molar-refractivity contribution >= 4 is 17.7 Å². The molecular formula is C22H21FN8O3. The largest absolute Gasteiger partial charge is 0.373 e. The van der Waals surface area contributed by atoms with E-state index >= 15 is 0 Å². The third-order valence-electron chi connectivity index (χ3n) is 5.57. The Hall–Kier alpha value is -4.19. The van der Waals surface area contributed by atoms with Gasteiger partial charge in [0.25, 0.3) is 5.91 Å². The van der Waals surface area contributed by atoms with Gasteiger partial charge in [-0.1, -0.05) is 11.2 Å². The molecule has 1 saturated heterocycles. The van der Waals surface area contributed by atoms with Crippen molar-refractivity contribution in [1.29, 1.82) is 0 Å². The molecule has 0 aromatic carbocycles. The first-order chi connectivity index (χ1) is 16.5. The first kappa shape index (κ1) is 21.6. The van der Waals surface area contributed by atoms with E-state index in [9.17, 15) is 14.3 Å². The smallest absolute Gasteiger partial charge is 0.262 e. The van der Waals surface area contributed by atoms with Gasteiger partial charge < -0.3 is 24.4 Å². The van der Waals surface area contributed by atoms with E-state index in [0.29, 0.717) is 41.1 Å². The predicted molar refractivity (Wildman–Crippen MR) is 118 cm³/mol. The third kappa shape index (κ3) is 3.99. The molecule has 0 bridgehead atoms. The summed E-state index contributed by atoms with van der Waals surface area (Å²) < 4.78 is 19.4. The Labute approximate surface area is 193 Å². The number of halogens is 1. The van der Waals surface area contributed by atoms with Crippen molar-refractivity contribution in [2.45, 2.75) is 18.6 Å². The summed E-state index contributed by atoms with van der Waals surface area (Å²) in [5.74, 6) is 0.467. The molecule has 34 heavy (non-hydrogen) atoms. The van der Waals surface area contributed by atoms with Crippen LogP contribution < -0.4 is 5.32 Å². The highest BCUT2D eigenvalue weighted by molar-refractivity contribution is 5.87. The number of aliphatic hydroxyl groups is 1. The van der Waals surface area contributed by atoms with Crippen LogP contribution >= 0.6 is 0 Å². The monoisotopic (exact) mass is 464 g/mol. The van der Waals surface area contributed by atoms with Gasteiger partial charge in [-0.25, -0.2) is 24.3 Å². The number of hydrogen-bond donors (Lipinski definition) is 2. The molecule has 1 aliphatic heterocycles. The van der Waals surface area contributed by atoms with Crippen molar-refractivity contribution in [1.82, 2.24) is 34.6 Å². The second-order valence-corrected chi connectivity index (χ2v) is 7.90. The van der Waals surface area contributed by atoms with E-state index in [1.165, 1.54) is 17.3 Å². The lowest BCUT2D eigenvalue weighted by Gasteiger charge is -2.16. The van der Waals surface area contributed by atoms with Gasteiger partial charge in [-0.05, 0) is 18.2 Å². The van der Waals surface area contributed by atoms with E-state index < -0.39 is 18.2 Å². The minimum atomic E-state index is -1.72. The maximum Gasteiger partial charge on any atom is 0.262 e. The van der Waals surface area contributed by atoms with Crippen molar-refractivity contribution in [3.05, 3.63) is 54.8 Å².